The van der Waals surface area contributed by atoms with E-state index in [1.807, 2.05) is 0 Å². The molecule has 1 aliphatic carbocycles. The van der Waals surface area contributed by atoms with Gasteiger partial charge in [0.1, 0.15) is 5.76 Å². The summed E-state index contributed by atoms with van der Waals surface area (Å²) in [5.41, 5.74) is 6.40. The van der Waals surface area contributed by atoms with Gasteiger partial charge in [0.2, 0.25) is 0 Å². The smallest absolute Gasteiger partial charge is 0.181 e. The summed E-state index contributed by atoms with van der Waals surface area (Å²) >= 11 is 0. The second-order valence-corrected chi connectivity index (χ2v) is 3.07. The number of rotatable bonds is 3. The highest BCUT2D eigenvalue weighted by atomic mass is 16.3. The molecule has 1 aromatic heterocycles. The van der Waals surface area contributed by atoms with Crippen molar-refractivity contribution >= 4 is 0 Å². The van der Waals surface area contributed by atoms with Gasteiger partial charge in [-0.05, 0) is 18.8 Å². The Morgan fingerprint density at radius 1 is 1.64 bits per heavy atom. The van der Waals surface area contributed by atoms with Crippen molar-refractivity contribution in [3.05, 3.63) is 17.8 Å². The van der Waals surface area contributed by atoms with Crippen molar-refractivity contribution < 1.29 is 4.42 Å². The van der Waals surface area contributed by atoms with E-state index < -0.39 is 0 Å². The molecule has 1 fully saturated rings. The van der Waals surface area contributed by atoms with Gasteiger partial charge >= 0.3 is 0 Å². The van der Waals surface area contributed by atoms with Crippen LogP contribution in [-0.4, -0.2) is 4.98 Å². The summed E-state index contributed by atoms with van der Waals surface area (Å²) in [6.07, 6.45) is 5.20. The number of nitrogens with two attached hydrogens (primary N) is 1. The zero-order chi connectivity index (χ0) is 7.68. The second-order valence-electron chi connectivity index (χ2n) is 3.07. The summed E-state index contributed by atoms with van der Waals surface area (Å²) < 4.78 is 5.22. The molecule has 60 valence electrons. The standard InChI is InChI=1S/C8H12N2O/c9-4-7-8(11-5-10-7)3-6-1-2-6/h5-6H,1-4,9H2. The van der Waals surface area contributed by atoms with Crippen molar-refractivity contribution in [1.29, 1.82) is 0 Å². The molecule has 0 bridgehead atoms. The molecule has 2 rings (SSSR count). The minimum absolute atomic E-state index is 0.499. The van der Waals surface area contributed by atoms with Gasteiger partial charge < -0.3 is 10.2 Å². The van der Waals surface area contributed by atoms with E-state index >= 15 is 0 Å². The number of nitrogens with zero attached hydrogens (tertiary/aromatic N) is 1. The average Bonchev–Trinajstić information content (AvgIpc) is 2.68. The van der Waals surface area contributed by atoms with E-state index in [9.17, 15) is 0 Å². The number of hydrogen-bond donors (Lipinski definition) is 1. The van der Waals surface area contributed by atoms with Crippen molar-refractivity contribution in [2.45, 2.75) is 25.8 Å². The van der Waals surface area contributed by atoms with Gasteiger partial charge in [0, 0.05) is 13.0 Å². The quantitative estimate of drug-likeness (QED) is 0.705. The summed E-state index contributed by atoms with van der Waals surface area (Å²) in [6, 6.07) is 0. The van der Waals surface area contributed by atoms with Crippen molar-refractivity contribution in [3.8, 4) is 0 Å². The largest absolute Gasteiger partial charge is 0.448 e. The lowest BCUT2D eigenvalue weighted by molar-refractivity contribution is 0.489. The van der Waals surface area contributed by atoms with E-state index in [0.717, 1.165) is 23.8 Å². The molecule has 3 nitrogen and oxygen atoms in total. The molecular formula is C8H12N2O. The molecule has 0 atom stereocenters. The van der Waals surface area contributed by atoms with Gasteiger partial charge in [-0.3, -0.25) is 0 Å². The van der Waals surface area contributed by atoms with E-state index in [0.29, 0.717) is 6.54 Å². The maximum Gasteiger partial charge on any atom is 0.181 e. The molecule has 1 saturated carbocycles. The topological polar surface area (TPSA) is 52.0 Å². The van der Waals surface area contributed by atoms with Crippen LogP contribution in [0.25, 0.3) is 0 Å². The Morgan fingerprint density at radius 3 is 3.09 bits per heavy atom. The summed E-state index contributed by atoms with van der Waals surface area (Å²) in [7, 11) is 0. The Hall–Kier alpha value is -0.830. The minimum Gasteiger partial charge on any atom is -0.448 e. The van der Waals surface area contributed by atoms with Gasteiger partial charge in [-0.25, -0.2) is 4.98 Å². The highest BCUT2D eigenvalue weighted by molar-refractivity contribution is 5.08. The zero-order valence-electron chi connectivity index (χ0n) is 6.42. The van der Waals surface area contributed by atoms with E-state index in [2.05, 4.69) is 4.98 Å². The van der Waals surface area contributed by atoms with Gasteiger partial charge in [0.05, 0.1) is 5.69 Å². The summed E-state index contributed by atoms with van der Waals surface area (Å²) in [5.74, 6) is 1.84. The fourth-order valence-corrected chi connectivity index (χ4v) is 1.21. The van der Waals surface area contributed by atoms with Crippen LogP contribution in [0.15, 0.2) is 10.8 Å². The molecule has 1 heterocycles. The maximum absolute atomic E-state index is 5.47. The van der Waals surface area contributed by atoms with E-state index in [1.165, 1.54) is 19.2 Å². The second kappa shape index (κ2) is 2.66. The molecule has 3 heteroatoms. The highest BCUT2D eigenvalue weighted by Crippen LogP contribution is 2.33. The molecule has 0 saturated heterocycles. The zero-order valence-corrected chi connectivity index (χ0v) is 6.42. The normalized spacial score (nSPS) is 17.2. The fraction of sp³-hybridized carbons (Fsp3) is 0.625. The number of oxazole rings is 1. The third-order valence-corrected chi connectivity index (χ3v) is 2.09. The van der Waals surface area contributed by atoms with Crippen LogP contribution in [0.4, 0.5) is 0 Å². The predicted octanol–water partition coefficient (Wildman–Crippen LogP) is 1.09. The number of hydrogen-bond acceptors (Lipinski definition) is 3. The van der Waals surface area contributed by atoms with Crippen molar-refractivity contribution in [1.82, 2.24) is 4.98 Å². The number of aromatic nitrogens is 1. The van der Waals surface area contributed by atoms with Crippen molar-refractivity contribution in [3.63, 3.8) is 0 Å². The fourth-order valence-electron chi connectivity index (χ4n) is 1.21. The molecule has 0 spiro atoms. The highest BCUT2D eigenvalue weighted by Gasteiger charge is 2.24. The third kappa shape index (κ3) is 1.43. The lowest BCUT2D eigenvalue weighted by Gasteiger charge is -1.94. The van der Waals surface area contributed by atoms with Crippen LogP contribution in [0.3, 0.4) is 0 Å². The SMILES string of the molecule is NCc1ncoc1CC1CC1. The van der Waals surface area contributed by atoms with Crippen LogP contribution in [0.5, 0.6) is 0 Å². The van der Waals surface area contributed by atoms with Crippen molar-refractivity contribution in [2.75, 3.05) is 0 Å². The maximum atomic E-state index is 5.47. The van der Waals surface area contributed by atoms with E-state index in [-0.39, 0.29) is 0 Å². The molecule has 1 aromatic rings. The lowest BCUT2D eigenvalue weighted by atomic mass is 10.2. The Morgan fingerprint density at radius 2 is 2.45 bits per heavy atom. The Bertz CT molecular complexity index is 240. The molecule has 1 aliphatic rings. The average molecular weight is 152 g/mol. The first-order valence-corrected chi connectivity index (χ1v) is 4.01. The monoisotopic (exact) mass is 152 g/mol. The molecule has 0 aliphatic heterocycles. The van der Waals surface area contributed by atoms with Crippen LogP contribution in [0, 0.1) is 5.92 Å². The van der Waals surface area contributed by atoms with E-state index in [1.54, 1.807) is 0 Å². The van der Waals surface area contributed by atoms with Gasteiger partial charge in [-0.2, -0.15) is 0 Å². The van der Waals surface area contributed by atoms with E-state index in [4.69, 9.17) is 10.2 Å². The van der Waals surface area contributed by atoms with Crippen molar-refractivity contribution in [2.24, 2.45) is 11.7 Å². The predicted molar refractivity (Wildman–Crippen MR) is 40.8 cm³/mol. The van der Waals surface area contributed by atoms with Crippen LogP contribution in [-0.2, 0) is 13.0 Å². The van der Waals surface area contributed by atoms with Crippen LogP contribution in [0.2, 0.25) is 0 Å². The lowest BCUT2D eigenvalue weighted by Crippen LogP contribution is -2.00. The van der Waals surface area contributed by atoms with Crippen LogP contribution < -0.4 is 5.73 Å². The molecule has 2 N–H and O–H groups in total. The molecule has 0 aromatic carbocycles. The van der Waals surface area contributed by atoms with Crippen LogP contribution >= 0.6 is 0 Å². The Kier molecular flexibility index (Phi) is 1.66. The third-order valence-electron chi connectivity index (χ3n) is 2.09. The van der Waals surface area contributed by atoms with Crippen LogP contribution in [0.1, 0.15) is 24.3 Å². The van der Waals surface area contributed by atoms with Gasteiger partial charge in [-0.1, -0.05) is 0 Å². The summed E-state index contributed by atoms with van der Waals surface area (Å²) in [6.45, 7) is 0.499. The molecule has 11 heavy (non-hydrogen) atoms. The molecular weight excluding hydrogens is 140 g/mol. The summed E-state index contributed by atoms with van der Waals surface area (Å²) in [4.78, 5) is 4.02. The Balaban J connectivity index is 2.07. The minimum atomic E-state index is 0.499. The van der Waals surface area contributed by atoms with Gasteiger partial charge in [0.25, 0.3) is 0 Å². The summed E-state index contributed by atoms with van der Waals surface area (Å²) in [5, 5.41) is 0. The van der Waals surface area contributed by atoms with Gasteiger partial charge in [0.15, 0.2) is 6.39 Å². The first-order chi connectivity index (χ1) is 5.40. The molecule has 0 unspecified atom stereocenters. The molecule has 0 radical (unpaired) electrons. The molecule has 0 amide bonds. The first kappa shape index (κ1) is 6.85. The Labute approximate surface area is 65.6 Å². The van der Waals surface area contributed by atoms with Gasteiger partial charge in [-0.15, -0.1) is 0 Å². The first-order valence-electron chi connectivity index (χ1n) is 4.01.